The number of carbonyl (C=O) groups is 2. The number of aliphatic hydroxyl groups is 1. The molecule has 0 aromatic heterocycles. The van der Waals surface area contributed by atoms with E-state index in [-0.39, 0.29) is 19.6 Å². The lowest BCUT2D eigenvalue weighted by molar-refractivity contribution is 0.178. The monoisotopic (exact) mass is 192 g/mol. The summed E-state index contributed by atoms with van der Waals surface area (Å²) in [6.07, 6.45) is -2.30. The van der Waals surface area contributed by atoms with Crippen LogP contribution >= 0.6 is 0 Å². The molecule has 0 spiro atoms. The molecule has 0 aliphatic rings. The van der Waals surface area contributed by atoms with Crippen molar-refractivity contribution in [3.05, 3.63) is 0 Å². The van der Waals surface area contributed by atoms with E-state index >= 15 is 0 Å². The number of rotatable bonds is 5. The van der Waals surface area contributed by atoms with Crippen LogP contribution in [0.15, 0.2) is 0 Å². The molecular weight excluding hydrogens is 180 g/mol. The summed E-state index contributed by atoms with van der Waals surface area (Å²) in [5, 5.41) is 29.1. The summed E-state index contributed by atoms with van der Waals surface area (Å²) in [5.74, 6) is 0. The number of aliphatic hydroxyl groups excluding tert-OH is 1. The molecule has 5 N–H and O–H groups in total. The Morgan fingerprint density at radius 1 is 1.23 bits per heavy atom. The van der Waals surface area contributed by atoms with Crippen molar-refractivity contribution in [1.29, 1.82) is 0 Å². The van der Waals surface area contributed by atoms with Crippen LogP contribution in [0.4, 0.5) is 9.59 Å². The lowest BCUT2D eigenvalue weighted by atomic mass is 10.2. The molecule has 0 unspecified atom stereocenters. The van der Waals surface area contributed by atoms with Crippen molar-refractivity contribution in [2.75, 3.05) is 13.2 Å². The summed E-state index contributed by atoms with van der Waals surface area (Å²) < 4.78 is 0. The van der Waals surface area contributed by atoms with Crippen molar-refractivity contribution in [2.45, 2.75) is 12.5 Å². The average molecular weight is 192 g/mol. The zero-order valence-electron chi connectivity index (χ0n) is 6.86. The fourth-order valence-corrected chi connectivity index (χ4v) is 0.766. The third-order valence-corrected chi connectivity index (χ3v) is 1.30. The fourth-order valence-electron chi connectivity index (χ4n) is 0.766. The highest BCUT2D eigenvalue weighted by atomic mass is 16.4. The van der Waals surface area contributed by atoms with Gasteiger partial charge in [0.15, 0.2) is 0 Å². The van der Waals surface area contributed by atoms with Gasteiger partial charge in [0.05, 0.1) is 6.04 Å². The first kappa shape index (κ1) is 11.5. The van der Waals surface area contributed by atoms with Crippen LogP contribution in [0.5, 0.6) is 0 Å². The van der Waals surface area contributed by atoms with Gasteiger partial charge in [-0.05, 0) is 6.42 Å². The largest absolute Gasteiger partial charge is 0.465 e. The third-order valence-electron chi connectivity index (χ3n) is 1.30. The predicted octanol–water partition coefficient (Wildman–Crippen LogP) is -0.727. The first-order valence-corrected chi connectivity index (χ1v) is 3.63. The summed E-state index contributed by atoms with van der Waals surface area (Å²) in [7, 11) is 0. The molecule has 0 fully saturated rings. The van der Waals surface area contributed by atoms with Gasteiger partial charge in [-0.1, -0.05) is 0 Å². The smallest absolute Gasteiger partial charge is 0.404 e. The Hall–Kier alpha value is -1.50. The van der Waals surface area contributed by atoms with Crippen molar-refractivity contribution >= 4 is 12.2 Å². The maximum atomic E-state index is 10.2. The zero-order chi connectivity index (χ0) is 10.3. The van der Waals surface area contributed by atoms with E-state index in [0.29, 0.717) is 0 Å². The van der Waals surface area contributed by atoms with E-state index in [2.05, 4.69) is 5.32 Å². The summed E-state index contributed by atoms with van der Waals surface area (Å²) in [5.41, 5.74) is 0. The Morgan fingerprint density at radius 3 is 2.23 bits per heavy atom. The molecule has 0 heterocycles. The number of carboxylic acid groups (broad SMARTS) is 2. The number of nitrogens with one attached hydrogen (secondary N) is 2. The van der Waals surface area contributed by atoms with Gasteiger partial charge in [0.25, 0.3) is 0 Å². The van der Waals surface area contributed by atoms with Crippen molar-refractivity contribution in [2.24, 2.45) is 0 Å². The van der Waals surface area contributed by atoms with Crippen LogP contribution in [0.3, 0.4) is 0 Å². The van der Waals surface area contributed by atoms with Gasteiger partial charge in [0, 0.05) is 13.2 Å². The van der Waals surface area contributed by atoms with E-state index in [4.69, 9.17) is 15.3 Å². The van der Waals surface area contributed by atoms with Gasteiger partial charge < -0.3 is 26.0 Å². The second-order valence-electron chi connectivity index (χ2n) is 2.34. The minimum absolute atomic E-state index is 0.0534. The van der Waals surface area contributed by atoms with Crippen LogP contribution < -0.4 is 10.6 Å². The molecule has 13 heavy (non-hydrogen) atoms. The first-order chi connectivity index (χ1) is 6.06. The standard InChI is InChI=1S/C6H12N2O5/c9-2-1-4(8-6(12)13)3-7-5(10)11/h4,7-9H,1-3H2,(H,10,11)(H,12,13)/t4-/m0/s1. The van der Waals surface area contributed by atoms with Gasteiger partial charge in [-0.15, -0.1) is 0 Å². The Kier molecular flexibility index (Phi) is 5.37. The lowest BCUT2D eigenvalue weighted by Crippen LogP contribution is -2.43. The van der Waals surface area contributed by atoms with Crippen molar-refractivity contribution in [1.82, 2.24) is 10.6 Å². The van der Waals surface area contributed by atoms with Gasteiger partial charge in [-0.2, -0.15) is 0 Å². The molecule has 0 rings (SSSR count). The van der Waals surface area contributed by atoms with E-state index < -0.39 is 18.2 Å². The van der Waals surface area contributed by atoms with E-state index in [0.717, 1.165) is 0 Å². The molecule has 0 aromatic rings. The molecule has 0 bridgehead atoms. The highest BCUT2D eigenvalue weighted by Crippen LogP contribution is 1.89. The molecule has 76 valence electrons. The summed E-state index contributed by atoms with van der Waals surface area (Å²) in [4.78, 5) is 20.2. The molecule has 0 saturated carbocycles. The van der Waals surface area contributed by atoms with Crippen molar-refractivity contribution in [3.63, 3.8) is 0 Å². The van der Waals surface area contributed by atoms with Gasteiger partial charge in [0.2, 0.25) is 0 Å². The normalized spacial score (nSPS) is 11.8. The second kappa shape index (κ2) is 6.06. The zero-order valence-corrected chi connectivity index (χ0v) is 6.86. The van der Waals surface area contributed by atoms with E-state index in [1.807, 2.05) is 5.32 Å². The number of amides is 2. The summed E-state index contributed by atoms with van der Waals surface area (Å²) in [6, 6.07) is -0.599. The molecule has 0 aliphatic carbocycles. The predicted molar refractivity (Wildman–Crippen MR) is 42.7 cm³/mol. The maximum Gasteiger partial charge on any atom is 0.404 e. The fraction of sp³-hybridized carbons (Fsp3) is 0.667. The van der Waals surface area contributed by atoms with Crippen LogP contribution in [0, 0.1) is 0 Å². The number of hydrogen-bond acceptors (Lipinski definition) is 3. The first-order valence-electron chi connectivity index (χ1n) is 3.63. The van der Waals surface area contributed by atoms with E-state index in [1.54, 1.807) is 0 Å². The Balaban J connectivity index is 3.79. The lowest BCUT2D eigenvalue weighted by Gasteiger charge is -2.14. The maximum absolute atomic E-state index is 10.2. The van der Waals surface area contributed by atoms with Gasteiger partial charge in [-0.25, -0.2) is 9.59 Å². The minimum Gasteiger partial charge on any atom is -0.465 e. The van der Waals surface area contributed by atoms with E-state index in [9.17, 15) is 9.59 Å². The van der Waals surface area contributed by atoms with Crippen LogP contribution in [0.2, 0.25) is 0 Å². The molecule has 7 heteroatoms. The quantitative estimate of drug-likeness (QED) is 0.393. The second-order valence-corrected chi connectivity index (χ2v) is 2.34. The third kappa shape index (κ3) is 6.88. The van der Waals surface area contributed by atoms with Crippen LogP contribution in [0.1, 0.15) is 6.42 Å². The Bertz CT molecular complexity index is 184. The highest BCUT2D eigenvalue weighted by Gasteiger charge is 2.11. The van der Waals surface area contributed by atoms with E-state index in [1.165, 1.54) is 0 Å². The Morgan fingerprint density at radius 2 is 1.85 bits per heavy atom. The summed E-state index contributed by atoms with van der Waals surface area (Å²) in [6.45, 7) is -0.256. The highest BCUT2D eigenvalue weighted by molar-refractivity contribution is 5.66. The van der Waals surface area contributed by atoms with Gasteiger partial charge >= 0.3 is 12.2 Å². The van der Waals surface area contributed by atoms with Crippen molar-refractivity contribution < 1.29 is 24.9 Å². The minimum atomic E-state index is -1.24. The summed E-state index contributed by atoms with van der Waals surface area (Å²) >= 11 is 0. The molecular formula is C6H12N2O5. The molecule has 2 amide bonds. The molecule has 0 saturated heterocycles. The molecule has 0 aliphatic heterocycles. The molecule has 7 nitrogen and oxygen atoms in total. The Labute approximate surface area is 74.4 Å². The van der Waals surface area contributed by atoms with Crippen LogP contribution in [-0.2, 0) is 0 Å². The molecule has 1 atom stereocenters. The van der Waals surface area contributed by atoms with Gasteiger partial charge in [0.1, 0.15) is 0 Å². The SMILES string of the molecule is O=C(O)NC[C@H](CCO)NC(=O)O. The molecule has 0 radical (unpaired) electrons. The van der Waals surface area contributed by atoms with Gasteiger partial charge in [-0.3, -0.25) is 0 Å². The van der Waals surface area contributed by atoms with Crippen LogP contribution in [-0.4, -0.2) is 46.7 Å². The van der Waals surface area contributed by atoms with Crippen LogP contribution in [0.25, 0.3) is 0 Å². The molecule has 0 aromatic carbocycles. The number of hydrogen-bond donors (Lipinski definition) is 5. The topological polar surface area (TPSA) is 119 Å². The van der Waals surface area contributed by atoms with Crippen molar-refractivity contribution in [3.8, 4) is 0 Å². The average Bonchev–Trinajstić information content (AvgIpc) is 1.99.